The van der Waals surface area contributed by atoms with Crippen molar-refractivity contribution in [3.8, 4) is 11.4 Å². The zero-order valence-corrected chi connectivity index (χ0v) is 15.5. The minimum atomic E-state index is -0.685. The number of aromatic nitrogens is 2. The maximum Gasteiger partial charge on any atom is 0.258 e. The molecule has 3 aromatic rings. The maximum absolute atomic E-state index is 13.2. The van der Waals surface area contributed by atoms with Crippen molar-refractivity contribution in [1.82, 2.24) is 14.9 Å². The summed E-state index contributed by atoms with van der Waals surface area (Å²) in [6, 6.07) is 16.7. The molecule has 0 saturated carbocycles. The van der Waals surface area contributed by atoms with E-state index < -0.39 is 11.9 Å². The van der Waals surface area contributed by atoms with E-state index in [9.17, 15) is 9.59 Å². The lowest BCUT2D eigenvalue weighted by molar-refractivity contribution is -0.122. The molecular weight excluding hydrogens is 352 g/mol. The maximum atomic E-state index is 13.2. The minimum absolute atomic E-state index is 0.282. The van der Waals surface area contributed by atoms with Gasteiger partial charge in [0, 0.05) is 24.7 Å². The third-order valence-corrected chi connectivity index (χ3v) is 5.08. The summed E-state index contributed by atoms with van der Waals surface area (Å²) >= 11 is 0. The second-order valence-corrected chi connectivity index (χ2v) is 6.88. The largest absolute Gasteiger partial charge is 0.368 e. The standard InChI is InChI=1S/C22H20N4O2/c1-14-18(12-24-21(25-14)15-7-3-2-4-8-15)22(28)26-13-17-10-6-5-9-16(17)11-19(26)20(23)27/h2-10,12,19H,11,13H2,1H3,(H2,23,27)/t19-/m0/s1. The molecule has 28 heavy (non-hydrogen) atoms. The fourth-order valence-electron chi connectivity index (χ4n) is 3.55. The summed E-state index contributed by atoms with van der Waals surface area (Å²) in [7, 11) is 0. The van der Waals surface area contributed by atoms with Gasteiger partial charge >= 0.3 is 0 Å². The lowest BCUT2D eigenvalue weighted by Gasteiger charge is -2.35. The van der Waals surface area contributed by atoms with Crippen molar-refractivity contribution < 1.29 is 9.59 Å². The molecule has 0 unspecified atom stereocenters. The number of rotatable bonds is 3. The molecule has 2 heterocycles. The van der Waals surface area contributed by atoms with Crippen LogP contribution in [0.2, 0.25) is 0 Å². The van der Waals surface area contributed by atoms with E-state index >= 15 is 0 Å². The van der Waals surface area contributed by atoms with Gasteiger partial charge in [0.05, 0.1) is 11.3 Å². The van der Waals surface area contributed by atoms with Gasteiger partial charge in [-0.05, 0) is 18.1 Å². The lowest BCUT2D eigenvalue weighted by Crippen LogP contribution is -2.51. The number of carbonyl (C=O) groups excluding carboxylic acids is 2. The quantitative estimate of drug-likeness (QED) is 0.765. The molecule has 0 radical (unpaired) electrons. The first-order valence-electron chi connectivity index (χ1n) is 9.10. The van der Waals surface area contributed by atoms with E-state index in [2.05, 4.69) is 9.97 Å². The summed E-state index contributed by atoms with van der Waals surface area (Å²) < 4.78 is 0. The van der Waals surface area contributed by atoms with Crippen LogP contribution in [-0.4, -0.2) is 32.7 Å². The number of benzene rings is 2. The number of primary amides is 1. The zero-order chi connectivity index (χ0) is 19.7. The molecule has 6 nitrogen and oxygen atoms in total. The van der Waals surface area contributed by atoms with Gasteiger partial charge in [0.1, 0.15) is 6.04 Å². The van der Waals surface area contributed by atoms with Crippen LogP contribution in [-0.2, 0) is 17.8 Å². The van der Waals surface area contributed by atoms with Crippen LogP contribution < -0.4 is 5.73 Å². The Morgan fingerprint density at radius 3 is 2.39 bits per heavy atom. The molecule has 6 heteroatoms. The van der Waals surface area contributed by atoms with Crippen LogP contribution in [0.3, 0.4) is 0 Å². The average Bonchev–Trinajstić information content (AvgIpc) is 2.72. The fourth-order valence-corrected chi connectivity index (χ4v) is 3.55. The molecule has 1 aromatic heterocycles. The smallest absolute Gasteiger partial charge is 0.258 e. The van der Waals surface area contributed by atoms with Gasteiger partial charge in [-0.1, -0.05) is 54.6 Å². The minimum Gasteiger partial charge on any atom is -0.368 e. The molecule has 0 spiro atoms. The van der Waals surface area contributed by atoms with Gasteiger partial charge in [-0.15, -0.1) is 0 Å². The molecule has 0 fully saturated rings. The van der Waals surface area contributed by atoms with Crippen LogP contribution in [0.15, 0.2) is 60.8 Å². The number of nitrogens with two attached hydrogens (primary N) is 1. The van der Waals surface area contributed by atoms with E-state index in [1.54, 1.807) is 6.92 Å². The number of amides is 2. The highest BCUT2D eigenvalue weighted by molar-refractivity contribution is 5.98. The number of aryl methyl sites for hydroxylation is 1. The molecule has 2 aromatic carbocycles. The number of fused-ring (bicyclic) bond motifs is 1. The van der Waals surface area contributed by atoms with Gasteiger partial charge in [0.25, 0.3) is 5.91 Å². The van der Waals surface area contributed by atoms with Crippen molar-refractivity contribution in [2.45, 2.75) is 25.9 Å². The summed E-state index contributed by atoms with van der Waals surface area (Å²) in [5.74, 6) is -0.233. The average molecular weight is 372 g/mol. The molecule has 1 aliphatic rings. The molecule has 1 aliphatic heterocycles. The van der Waals surface area contributed by atoms with Crippen molar-refractivity contribution in [2.24, 2.45) is 5.73 Å². The zero-order valence-electron chi connectivity index (χ0n) is 15.5. The summed E-state index contributed by atoms with van der Waals surface area (Å²) in [6.07, 6.45) is 1.95. The number of carbonyl (C=O) groups is 2. The molecule has 2 amide bonds. The summed E-state index contributed by atoms with van der Waals surface area (Å²) in [5.41, 5.74) is 9.50. The lowest BCUT2D eigenvalue weighted by atomic mass is 9.93. The van der Waals surface area contributed by atoms with Crippen LogP contribution in [0.4, 0.5) is 0 Å². The van der Waals surface area contributed by atoms with E-state index in [1.165, 1.54) is 11.1 Å². The second-order valence-electron chi connectivity index (χ2n) is 6.88. The molecule has 1 atom stereocenters. The van der Waals surface area contributed by atoms with E-state index in [-0.39, 0.29) is 5.91 Å². The predicted octanol–water partition coefficient (Wildman–Crippen LogP) is 2.50. The van der Waals surface area contributed by atoms with Crippen LogP contribution in [0.5, 0.6) is 0 Å². The van der Waals surface area contributed by atoms with Crippen LogP contribution >= 0.6 is 0 Å². The van der Waals surface area contributed by atoms with E-state index in [4.69, 9.17) is 5.73 Å². The Bertz CT molecular complexity index is 1050. The Morgan fingerprint density at radius 2 is 1.71 bits per heavy atom. The van der Waals surface area contributed by atoms with Gasteiger partial charge in [-0.3, -0.25) is 9.59 Å². The van der Waals surface area contributed by atoms with Crippen molar-refractivity contribution in [1.29, 1.82) is 0 Å². The van der Waals surface area contributed by atoms with Gasteiger partial charge in [0.2, 0.25) is 5.91 Å². The monoisotopic (exact) mass is 372 g/mol. The van der Waals surface area contributed by atoms with Crippen molar-refractivity contribution in [2.75, 3.05) is 0 Å². The Balaban J connectivity index is 1.67. The van der Waals surface area contributed by atoms with Crippen LogP contribution in [0, 0.1) is 6.92 Å². The Kier molecular flexibility index (Phi) is 4.61. The number of hydrogen-bond acceptors (Lipinski definition) is 4. The highest BCUT2D eigenvalue weighted by Crippen LogP contribution is 2.26. The summed E-state index contributed by atoms with van der Waals surface area (Å²) in [6.45, 7) is 2.11. The highest BCUT2D eigenvalue weighted by Gasteiger charge is 2.34. The van der Waals surface area contributed by atoms with Gasteiger partial charge < -0.3 is 10.6 Å². The van der Waals surface area contributed by atoms with Gasteiger partial charge in [-0.2, -0.15) is 0 Å². The molecular formula is C22H20N4O2. The summed E-state index contributed by atoms with van der Waals surface area (Å²) in [5, 5.41) is 0. The number of hydrogen-bond donors (Lipinski definition) is 1. The molecule has 0 saturated heterocycles. The normalized spacial score (nSPS) is 15.8. The van der Waals surface area contributed by atoms with Crippen molar-refractivity contribution in [3.63, 3.8) is 0 Å². The topological polar surface area (TPSA) is 89.2 Å². The van der Waals surface area contributed by atoms with Crippen molar-refractivity contribution in [3.05, 3.63) is 83.2 Å². The Morgan fingerprint density at radius 1 is 1.04 bits per heavy atom. The molecule has 0 bridgehead atoms. The van der Waals surface area contributed by atoms with Crippen LogP contribution in [0.25, 0.3) is 11.4 Å². The SMILES string of the molecule is Cc1nc(-c2ccccc2)ncc1C(=O)N1Cc2ccccc2C[C@H]1C(N)=O. The Hall–Kier alpha value is -3.54. The van der Waals surface area contributed by atoms with Gasteiger partial charge in [0.15, 0.2) is 5.82 Å². The first-order chi connectivity index (χ1) is 13.5. The van der Waals surface area contributed by atoms with Crippen LogP contribution in [0.1, 0.15) is 27.2 Å². The van der Waals surface area contributed by atoms with E-state index in [0.717, 1.165) is 16.7 Å². The summed E-state index contributed by atoms with van der Waals surface area (Å²) in [4.78, 5) is 35.7. The first kappa shape index (κ1) is 17.9. The molecule has 2 N–H and O–H groups in total. The molecule has 140 valence electrons. The third-order valence-electron chi connectivity index (χ3n) is 5.08. The van der Waals surface area contributed by atoms with Crippen molar-refractivity contribution >= 4 is 11.8 Å². The first-order valence-corrected chi connectivity index (χ1v) is 9.10. The number of nitrogens with zero attached hydrogens (tertiary/aromatic N) is 3. The van der Waals surface area contributed by atoms with Gasteiger partial charge in [-0.25, -0.2) is 9.97 Å². The Labute approximate surface area is 163 Å². The van der Waals surface area contributed by atoms with E-state index in [1.807, 2.05) is 54.6 Å². The second kappa shape index (κ2) is 7.23. The molecule has 0 aliphatic carbocycles. The third kappa shape index (κ3) is 3.24. The molecule has 4 rings (SSSR count). The predicted molar refractivity (Wildman–Crippen MR) is 105 cm³/mol. The highest BCUT2D eigenvalue weighted by atomic mass is 16.2. The van der Waals surface area contributed by atoms with E-state index in [0.29, 0.717) is 30.0 Å². The fraction of sp³-hybridized carbons (Fsp3) is 0.182.